The third-order valence-electron chi connectivity index (χ3n) is 3.35. The summed E-state index contributed by atoms with van der Waals surface area (Å²) >= 11 is 0. The van der Waals surface area contributed by atoms with Crippen LogP contribution in [0.25, 0.3) is 0 Å². The highest BCUT2D eigenvalue weighted by Gasteiger charge is 2.23. The van der Waals surface area contributed by atoms with Crippen LogP contribution >= 0.6 is 12.4 Å². The molecule has 0 aromatic rings. The summed E-state index contributed by atoms with van der Waals surface area (Å²) in [6.07, 6.45) is 4.26. The van der Waals surface area contributed by atoms with E-state index in [4.69, 9.17) is 4.74 Å². The predicted octanol–water partition coefficient (Wildman–Crippen LogP) is 1.73. The van der Waals surface area contributed by atoms with Gasteiger partial charge in [-0.25, -0.2) is 0 Å². The molecule has 0 saturated carbocycles. The Bertz CT molecular complexity index is 241. The highest BCUT2D eigenvalue weighted by molar-refractivity contribution is 5.85. The highest BCUT2D eigenvalue weighted by atomic mass is 35.5. The van der Waals surface area contributed by atoms with E-state index in [0.29, 0.717) is 6.54 Å². The lowest BCUT2D eigenvalue weighted by Gasteiger charge is -2.27. The quantitative estimate of drug-likeness (QED) is 0.778. The molecule has 1 heterocycles. The van der Waals surface area contributed by atoms with Crippen LogP contribution < -0.4 is 10.6 Å². The third-order valence-corrected chi connectivity index (χ3v) is 3.35. The fourth-order valence-corrected chi connectivity index (χ4v) is 1.99. The molecule has 1 amide bonds. The van der Waals surface area contributed by atoms with Gasteiger partial charge in [0.15, 0.2) is 0 Å². The van der Waals surface area contributed by atoms with Crippen molar-refractivity contribution in [3.05, 3.63) is 0 Å². The van der Waals surface area contributed by atoms with Gasteiger partial charge >= 0.3 is 0 Å². The minimum atomic E-state index is 0. The Balaban J connectivity index is 0.00000289. The van der Waals surface area contributed by atoms with Crippen molar-refractivity contribution < 1.29 is 9.53 Å². The van der Waals surface area contributed by atoms with E-state index in [1.54, 1.807) is 7.11 Å². The zero-order chi connectivity index (χ0) is 12.7. The van der Waals surface area contributed by atoms with Gasteiger partial charge in [0, 0.05) is 20.3 Å². The minimum absolute atomic E-state index is 0. The molecule has 0 bridgehead atoms. The maximum absolute atomic E-state index is 11.9. The normalized spacial score (nSPS) is 20.1. The van der Waals surface area contributed by atoms with Crippen molar-refractivity contribution in [3.8, 4) is 0 Å². The molecule has 18 heavy (non-hydrogen) atoms. The maximum Gasteiger partial charge on any atom is 0.237 e. The van der Waals surface area contributed by atoms with E-state index in [1.165, 1.54) is 6.42 Å². The van der Waals surface area contributed by atoms with E-state index >= 15 is 0 Å². The average molecular weight is 279 g/mol. The molecule has 1 saturated heterocycles. The van der Waals surface area contributed by atoms with E-state index < -0.39 is 0 Å². The van der Waals surface area contributed by atoms with Gasteiger partial charge in [-0.15, -0.1) is 12.4 Å². The van der Waals surface area contributed by atoms with Gasteiger partial charge in [0.05, 0.1) is 6.04 Å². The first-order valence-corrected chi connectivity index (χ1v) is 6.55. The van der Waals surface area contributed by atoms with Crippen LogP contribution in [0.2, 0.25) is 0 Å². The van der Waals surface area contributed by atoms with Gasteiger partial charge < -0.3 is 15.4 Å². The van der Waals surface area contributed by atoms with Gasteiger partial charge in [-0.3, -0.25) is 4.79 Å². The lowest BCUT2D eigenvalue weighted by Crippen LogP contribution is -2.48. The van der Waals surface area contributed by atoms with Crippen LogP contribution in [0.1, 0.15) is 39.5 Å². The smallest absolute Gasteiger partial charge is 0.237 e. The van der Waals surface area contributed by atoms with Crippen LogP contribution in [0.4, 0.5) is 0 Å². The third kappa shape index (κ3) is 6.57. The second-order valence-electron chi connectivity index (χ2n) is 5.63. The summed E-state index contributed by atoms with van der Waals surface area (Å²) < 4.78 is 5.08. The first-order valence-electron chi connectivity index (χ1n) is 6.55. The molecular weight excluding hydrogens is 252 g/mol. The van der Waals surface area contributed by atoms with Crippen LogP contribution in [0.15, 0.2) is 0 Å². The lowest BCUT2D eigenvalue weighted by molar-refractivity contribution is -0.124. The molecule has 1 atom stereocenters. The predicted molar refractivity (Wildman–Crippen MR) is 76.2 cm³/mol. The molecule has 0 unspecified atom stereocenters. The lowest BCUT2D eigenvalue weighted by atomic mass is 9.89. The van der Waals surface area contributed by atoms with E-state index in [2.05, 4.69) is 24.5 Å². The van der Waals surface area contributed by atoms with Crippen LogP contribution in [0, 0.1) is 5.41 Å². The number of hydrogen-bond donors (Lipinski definition) is 2. The number of rotatable bonds is 6. The SMILES string of the molecule is COCCC(C)(C)CNC(=O)[C@@H]1CCCCN1.Cl. The second-order valence-corrected chi connectivity index (χ2v) is 5.63. The van der Waals surface area contributed by atoms with E-state index in [0.717, 1.165) is 32.4 Å². The summed E-state index contributed by atoms with van der Waals surface area (Å²) in [7, 11) is 1.71. The number of piperidine rings is 1. The molecule has 0 radical (unpaired) electrons. The summed E-state index contributed by atoms with van der Waals surface area (Å²) in [5.41, 5.74) is 0.0976. The molecule has 2 N–H and O–H groups in total. The monoisotopic (exact) mass is 278 g/mol. The van der Waals surface area contributed by atoms with Crippen molar-refractivity contribution in [2.75, 3.05) is 26.8 Å². The Labute approximate surface area is 117 Å². The zero-order valence-electron chi connectivity index (χ0n) is 11.8. The van der Waals surface area contributed by atoms with Gasteiger partial charge in [-0.1, -0.05) is 20.3 Å². The fraction of sp³-hybridized carbons (Fsp3) is 0.923. The Morgan fingerprint density at radius 2 is 2.17 bits per heavy atom. The Kier molecular flexibility index (Phi) is 8.57. The molecule has 108 valence electrons. The van der Waals surface area contributed by atoms with Crippen molar-refractivity contribution in [1.82, 2.24) is 10.6 Å². The number of ether oxygens (including phenoxy) is 1. The molecule has 1 aliphatic rings. The first-order chi connectivity index (χ1) is 8.05. The Morgan fingerprint density at radius 3 is 2.72 bits per heavy atom. The Hall–Kier alpha value is -0.320. The van der Waals surface area contributed by atoms with Crippen LogP contribution in [0.5, 0.6) is 0 Å². The number of methoxy groups -OCH3 is 1. The number of hydrogen-bond acceptors (Lipinski definition) is 3. The standard InChI is InChI=1S/C13H26N2O2.ClH/c1-13(2,7-9-17-3)10-15-12(16)11-6-4-5-8-14-11;/h11,14H,4-10H2,1-3H3,(H,15,16);1H/t11-;/m0./s1. The van der Waals surface area contributed by atoms with Crippen molar-refractivity contribution in [1.29, 1.82) is 0 Å². The number of nitrogens with one attached hydrogen (secondary N) is 2. The van der Waals surface area contributed by atoms with Crippen LogP contribution in [-0.2, 0) is 9.53 Å². The van der Waals surface area contributed by atoms with Crippen molar-refractivity contribution >= 4 is 18.3 Å². The largest absolute Gasteiger partial charge is 0.385 e. The van der Waals surface area contributed by atoms with Crippen LogP contribution in [-0.4, -0.2) is 38.8 Å². The summed E-state index contributed by atoms with van der Waals surface area (Å²) in [4.78, 5) is 11.9. The fourth-order valence-electron chi connectivity index (χ4n) is 1.99. The van der Waals surface area contributed by atoms with Gasteiger partial charge in [0.25, 0.3) is 0 Å². The van der Waals surface area contributed by atoms with Crippen LogP contribution in [0.3, 0.4) is 0 Å². The molecule has 0 aliphatic carbocycles. The topological polar surface area (TPSA) is 50.4 Å². The Morgan fingerprint density at radius 1 is 1.44 bits per heavy atom. The first kappa shape index (κ1) is 17.7. The molecule has 4 nitrogen and oxygen atoms in total. The average Bonchev–Trinajstić information content (AvgIpc) is 2.35. The zero-order valence-corrected chi connectivity index (χ0v) is 12.6. The summed E-state index contributed by atoms with van der Waals surface area (Å²) in [6, 6.07) is 0.0157. The number of amides is 1. The molecule has 1 fully saturated rings. The summed E-state index contributed by atoms with van der Waals surface area (Å²) in [5, 5.41) is 6.31. The van der Waals surface area contributed by atoms with Gasteiger partial charge in [0.2, 0.25) is 5.91 Å². The van der Waals surface area contributed by atoms with E-state index in [1.807, 2.05) is 0 Å². The molecule has 1 rings (SSSR count). The number of carbonyl (C=O) groups excluding carboxylic acids is 1. The highest BCUT2D eigenvalue weighted by Crippen LogP contribution is 2.19. The summed E-state index contributed by atoms with van der Waals surface area (Å²) in [5.74, 6) is 0.148. The summed E-state index contributed by atoms with van der Waals surface area (Å²) in [6.45, 7) is 6.73. The molecule has 1 aliphatic heterocycles. The molecular formula is C13H27ClN2O2. The van der Waals surface area contributed by atoms with E-state index in [9.17, 15) is 4.79 Å². The molecule has 5 heteroatoms. The van der Waals surface area contributed by atoms with Crippen molar-refractivity contribution in [2.45, 2.75) is 45.6 Å². The molecule has 0 aromatic heterocycles. The van der Waals surface area contributed by atoms with Crippen molar-refractivity contribution in [3.63, 3.8) is 0 Å². The minimum Gasteiger partial charge on any atom is -0.385 e. The number of carbonyl (C=O) groups is 1. The number of halogens is 1. The van der Waals surface area contributed by atoms with E-state index in [-0.39, 0.29) is 29.8 Å². The van der Waals surface area contributed by atoms with Gasteiger partial charge in [-0.05, 0) is 31.2 Å². The molecule has 0 spiro atoms. The van der Waals surface area contributed by atoms with Gasteiger partial charge in [-0.2, -0.15) is 0 Å². The maximum atomic E-state index is 11.9. The van der Waals surface area contributed by atoms with Gasteiger partial charge in [0.1, 0.15) is 0 Å². The molecule has 0 aromatic carbocycles. The van der Waals surface area contributed by atoms with Crippen molar-refractivity contribution in [2.24, 2.45) is 5.41 Å². The second kappa shape index (κ2) is 8.73.